The van der Waals surface area contributed by atoms with E-state index in [2.05, 4.69) is 0 Å². The summed E-state index contributed by atoms with van der Waals surface area (Å²) in [5, 5.41) is 0. The van der Waals surface area contributed by atoms with Crippen LogP contribution in [-0.2, 0) is 4.74 Å². The number of carbonyl (C=O) groups is 1. The summed E-state index contributed by atoms with van der Waals surface area (Å²) < 4.78 is 10.9. The lowest BCUT2D eigenvalue weighted by Crippen LogP contribution is -2.37. The fraction of sp³-hybridized carbons (Fsp3) is 0.533. The van der Waals surface area contributed by atoms with E-state index in [9.17, 15) is 4.79 Å². The molecule has 0 radical (unpaired) electrons. The van der Waals surface area contributed by atoms with Gasteiger partial charge < -0.3 is 20.1 Å². The van der Waals surface area contributed by atoms with Crippen LogP contribution in [0.3, 0.4) is 0 Å². The number of nitrogens with two attached hydrogens (primary N) is 1. The number of rotatable bonds is 4. The van der Waals surface area contributed by atoms with Gasteiger partial charge in [-0.2, -0.15) is 0 Å². The Kier molecular flexibility index (Phi) is 4.84. The molecule has 1 aromatic carbocycles. The van der Waals surface area contributed by atoms with Gasteiger partial charge in [0.25, 0.3) is 5.91 Å². The van der Waals surface area contributed by atoms with Crippen molar-refractivity contribution in [2.24, 2.45) is 0 Å². The smallest absolute Gasteiger partial charge is 0.259 e. The molecule has 1 fully saturated rings. The van der Waals surface area contributed by atoms with Gasteiger partial charge in [-0.15, -0.1) is 0 Å². The number of carbonyl (C=O) groups excluding carboxylic acids is 1. The van der Waals surface area contributed by atoms with Crippen LogP contribution in [0.15, 0.2) is 18.2 Å². The summed E-state index contributed by atoms with van der Waals surface area (Å²) in [6, 6.07) is 5.23. The molecule has 1 aromatic rings. The predicted molar refractivity (Wildman–Crippen MR) is 78.0 cm³/mol. The lowest BCUT2D eigenvalue weighted by atomic mass is 10.1. The zero-order valence-corrected chi connectivity index (χ0v) is 12.1. The molecule has 0 saturated carbocycles. The number of hydrogen-bond acceptors (Lipinski definition) is 4. The Bertz CT molecular complexity index is 470. The summed E-state index contributed by atoms with van der Waals surface area (Å²) in [5.74, 6) is 0.375. The van der Waals surface area contributed by atoms with E-state index in [1.807, 2.05) is 0 Å². The minimum absolute atomic E-state index is 0.119. The molecule has 2 N–H and O–H groups in total. The van der Waals surface area contributed by atoms with Gasteiger partial charge in [-0.1, -0.05) is 6.07 Å². The van der Waals surface area contributed by atoms with Gasteiger partial charge in [0.2, 0.25) is 0 Å². The lowest BCUT2D eigenvalue weighted by Gasteiger charge is -2.28. The van der Waals surface area contributed by atoms with Crippen molar-refractivity contribution >= 4 is 11.6 Å². The Balaban J connectivity index is 2.10. The maximum absolute atomic E-state index is 12.5. The average Bonchev–Trinajstić information content (AvgIpc) is 2.47. The van der Waals surface area contributed by atoms with Crippen molar-refractivity contribution in [3.05, 3.63) is 23.8 Å². The van der Waals surface area contributed by atoms with Crippen LogP contribution in [0.1, 0.15) is 29.6 Å². The van der Waals surface area contributed by atoms with Crippen LogP contribution in [0.4, 0.5) is 5.69 Å². The van der Waals surface area contributed by atoms with E-state index in [1.54, 1.807) is 30.1 Å². The van der Waals surface area contributed by atoms with E-state index in [0.717, 1.165) is 25.9 Å². The summed E-state index contributed by atoms with van der Waals surface area (Å²) in [4.78, 5) is 14.2. The van der Waals surface area contributed by atoms with Gasteiger partial charge in [-0.05, 0) is 31.4 Å². The second-order valence-corrected chi connectivity index (χ2v) is 5.10. The first-order valence-corrected chi connectivity index (χ1v) is 6.93. The number of amides is 1. The second-order valence-electron chi connectivity index (χ2n) is 5.10. The standard InChI is InChI=1S/C15H22N2O3/c1-17(10-11-6-3-4-9-20-11)15(18)14-12(16)7-5-8-13(14)19-2/h5,7-8,11H,3-4,6,9-10,16H2,1-2H3. The Morgan fingerprint density at radius 3 is 2.95 bits per heavy atom. The number of nitrogens with zero attached hydrogens (tertiary/aromatic N) is 1. The van der Waals surface area contributed by atoms with Crippen LogP contribution < -0.4 is 10.5 Å². The molecule has 1 atom stereocenters. The molecule has 1 aliphatic rings. The first kappa shape index (κ1) is 14.7. The number of methoxy groups -OCH3 is 1. The maximum atomic E-state index is 12.5. The highest BCUT2D eigenvalue weighted by Gasteiger charge is 2.23. The van der Waals surface area contributed by atoms with Crippen molar-refractivity contribution in [3.63, 3.8) is 0 Å². The number of ether oxygens (including phenoxy) is 2. The Morgan fingerprint density at radius 1 is 1.50 bits per heavy atom. The van der Waals surface area contributed by atoms with Crippen LogP contribution in [0.2, 0.25) is 0 Å². The number of benzene rings is 1. The minimum Gasteiger partial charge on any atom is -0.496 e. The zero-order valence-electron chi connectivity index (χ0n) is 12.1. The fourth-order valence-electron chi connectivity index (χ4n) is 2.48. The highest BCUT2D eigenvalue weighted by molar-refractivity contribution is 6.01. The molecule has 1 saturated heterocycles. The molecule has 0 bridgehead atoms. The second kappa shape index (κ2) is 6.61. The SMILES string of the molecule is COc1cccc(N)c1C(=O)N(C)CC1CCCCO1. The largest absolute Gasteiger partial charge is 0.496 e. The minimum atomic E-state index is -0.130. The highest BCUT2D eigenvalue weighted by atomic mass is 16.5. The van der Waals surface area contributed by atoms with Gasteiger partial charge in [0.05, 0.1) is 13.2 Å². The molecule has 110 valence electrons. The topological polar surface area (TPSA) is 64.8 Å². The Labute approximate surface area is 119 Å². The van der Waals surface area contributed by atoms with E-state index in [-0.39, 0.29) is 12.0 Å². The van der Waals surface area contributed by atoms with Gasteiger partial charge in [0.15, 0.2) is 0 Å². The average molecular weight is 278 g/mol. The van der Waals surface area contributed by atoms with Crippen molar-refractivity contribution in [1.29, 1.82) is 0 Å². The molecule has 5 heteroatoms. The number of likely N-dealkylation sites (N-methyl/N-ethyl adjacent to an activating group) is 1. The van der Waals surface area contributed by atoms with Gasteiger partial charge >= 0.3 is 0 Å². The van der Waals surface area contributed by atoms with Crippen molar-refractivity contribution in [2.45, 2.75) is 25.4 Å². The maximum Gasteiger partial charge on any atom is 0.259 e. The summed E-state index contributed by atoms with van der Waals surface area (Å²) in [7, 11) is 3.31. The summed E-state index contributed by atoms with van der Waals surface area (Å²) in [6.45, 7) is 1.36. The van der Waals surface area contributed by atoms with Crippen LogP contribution in [-0.4, -0.2) is 44.2 Å². The van der Waals surface area contributed by atoms with E-state index >= 15 is 0 Å². The highest BCUT2D eigenvalue weighted by Crippen LogP contribution is 2.26. The molecule has 2 rings (SSSR count). The molecule has 1 amide bonds. The van der Waals surface area contributed by atoms with Crippen LogP contribution in [0.25, 0.3) is 0 Å². The molecule has 1 unspecified atom stereocenters. The molecule has 0 spiro atoms. The third kappa shape index (κ3) is 3.22. The number of anilines is 1. The van der Waals surface area contributed by atoms with Crippen LogP contribution >= 0.6 is 0 Å². The van der Waals surface area contributed by atoms with Gasteiger partial charge in [-0.3, -0.25) is 4.79 Å². The van der Waals surface area contributed by atoms with E-state index < -0.39 is 0 Å². The van der Waals surface area contributed by atoms with E-state index in [0.29, 0.717) is 23.5 Å². The third-order valence-corrected chi connectivity index (χ3v) is 3.59. The first-order chi connectivity index (χ1) is 9.63. The molecular formula is C15H22N2O3. The fourth-order valence-corrected chi connectivity index (χ4v) is 2.48. The number of nitrogen functional groups attached to an aromatic ring is 1. The third-order valence-electron chi connectivity index (χ3n) is 3.59. The Hall–Kier alpha value is -1.75. The predicted octanol–water partition coefficient (Wildman–Crippen LogP) is 1.92. The molecule has 20 heavy (non-hydrogen) atoms. The zero-order chi connectivity index (χ0) is 14.5. The first-order valence-electron chi connectivity index (χ1n) is 6.93. The number of hydrogen-bond donors (Lipinski definition) is 1. The van der Waals surface area contributed by atoms with Crippen molar-refractivity contribution in [3.8, 4) is 5.75 Å². The summed E-state index contributed by atoms with van der Waals surface area (Å²) >= 11 is 0. The molecule has 1 aliphatic heterocycles. The Morgan fingerprint density at radius 2 is 2.30 bits per heavy atom. The van der Waals surface area contributed by atoms with Gasteiger partial charge in [-0.25, -0.2) is 0 Å². The van der Waals surface area contributed by atoms with Crippen molar-refractivity contribution in [2.75, 3.05) is 33.0 Å². The summed E-state index contributed by atoms with van der Waals surface area (Å²) in [6.07, 6.45) is 3.38. The monoisotopic (exact) mass is 278 g/mol. The normalized spacial score (nSPS) is 18.6. The van der Waals surface area contributed by atoms with E-state index in [1.165, 1.54) is 7.11 Å². The molecule has 0 aliphatic carbocycles. The van der Waals surface area contributed by atoms with Gasteiger partial charge in [0, 0.05) is 25.9 Å². The van der Waals surface area contributed by atoms with Crippen LogP contribution in [0.5, 0.6) is 5.75 Å². The summed E-state index contributed by atoms with van der Waals surface area (Å²) in [5.41, 5.74) is 6.77. The molecule has 5 nitrogen and oxygen atoms in total. The lowest BCUT2D eigenvalue weighted by molar-refractivity contribution is -0.000221. The van der Waals surface area contributed by atoms with E-state index in [4.69, 9.17) is 15.2 Å². The van der Waals surface area contributed by atoms with Crippen molar-refractivity contribution < 1.29 is 14.3 Å². The quantitative estimate of drug-likeness (QED) is 0.855. The van der Waals surface area contributed by atoms with Gasteiger partial charge in [0.1, 0.15) is 11.3 Å². The molecule has 0 aromatic heterocycles. The van der Waals surface area contributed by atoms with Crippen LogP contribution in [0, 0.1) is 0 Å². The molecular weight excluding hydrogens is 256 g/mol. The molecule has 1 heterocycles. The van der Waals surface area contributed by atoms with Crippen molar-refractivity contribution in [1.82, 2.24) is 4.90 Å².